The predicted octanol–water partition coefficient (Wildman–Crippen LogP) is 2.54. The van der Waals surface area contributed by atoms with Gasteiger partial charge < -0.3 is 19.9 Å². The molecule has 0 saturated heterocycles. The number of anilines is 2. The molecule has 8 nitrogen and oxygen atoms in total. The van der Waals surface area contributed by atoms with E-state index in [4.69, 9.17) is 20.9 Å². The number of halogens is 1. The molecule has 2 aromatic rings. The number of benzene rings is 1. The van der Waals surface area contributed by atoms with Crippen LogP contribution in [0.25, 0.3) is 0 Å². The average Bonchev–Trinajstić information content (AvgIpc) is 2.98. The highest BCUT2D eigenvalue weighted by Gasteiger charge is 2.12. The first-order chi connectivity index (χ1) is 11.9. The second-order valence-corrected chi connectivity index (χ2v) is 5.47. The third-order valence-corrected chi connectivity index (χ3v) is 3.29. The van der Waals surface area contributed by atoms with E-state index in [9.17, 15) is 14.4 Å². The highest BCUT2D eigenvalue weighted by Crippen LogP contribution is 2.20. The topological polar surface area (TPSA) is 111 Å². The first-order valence-corrected chi connectivity index (χ1v) is 7.75. The summed E-state index contributed by atoms with van der Waals surface area (Å²) < 4.78 is 9.58. The van der Waals surface area contributed by atoms with Crippen LogP contribution in [0.1, 0.15) is 18.6 Å². The summed E-state index contributed by atoms with van der Waals surface area (Å²) in [7, 11) is 0. The lowest BCUT2D eigenvalue weighted by Crippen LogP contribution is -2.22. The molecule has 25 heavy (non-hydrogen) atoms. The van der Waals surface area contributed by atoms with Crippen molar-refractivity contribution in [2.24, 2.45) is 0 Å². The third kappa shape index (κ3) is 6.27. The van der Waals surface area contributed by atoms with E-state index in [0.717, 1.165) is 0 Å². The van der Waals surface area contributed by atoms with E-state index in [1.165, 1.54) is 6.07 Å². The molecular weight excluding hydrogens is 350 g/mol. The number of rotatable bonds is 7. The fourth-order valence-electron chi connectivity index (χ4n) is 1.81. The molecule has 0 saturated carbocycles. The van der Waals surface area contributed by atoms with E-state index in [0.29, 0.717) is 16.5 Å². The monoisotopic (exact) mass is 365 g/mol. The van der Waals surface area contributed by atoms with Crippen molar-refractivity contribution in [3.8, 4) is 0 Å². The number of hydrogen-bond acceptors (Lipinski definition) is 6. The zero-order chi connectivity index (χ0) is 18.2. The molecule has 0 aliphatic rings. The molecule has 2 amide bonds. The molecular formula is C16H16ClN3O5. The van der Waals surface area contributed by atoms with Gasteiger partial charge >= 0.3 is 5.97 Å². The summed E-state index contributed by atoms with van der Waals surface area (Å²) in [6, 6.07) is 8.28. The Morgan fingerprint density at radius 3 is 2.60 bits per heavy atom. The lowest BCUT2D eigenvalue weighted by atomic mass is 10.2. The van der Waals surface area contributed by atoms with Crippen LogP contribution in [0.15, 0.2) is 34.9 Å². The number of aromatic nitrogens is 1. The SMILES string of the molecule is Cc1cc(NC(=O)COC(=O)CCC(=O)Nc2ccccc2Cl)no1. The molecule has 1 heterocycles. The minimum atomic E-state index is -0.666. The molecule has 0 atom stereocenters. The van der Waals surface area contributed by atoms with Crippen LogP contribution in [0.3, 0.4) is 0 Å². The summed E-state index contributed by atoms with van der Waals surface area (Å²) in [5.41, 5.74) is 0.463. The van der Waals surface area contributed by atoms with Crippen LogP contribution in [-0.2, 0) is 19.1 Å². The summed E-state index contributed by atoms with van der Waals surface area (Å²) in [4.78, 5) is 34.9. The maximum absolute atomic E-state index is 11.8. The largest absolute Gasteiger partial charge is 0.456 e. The highest BCUT2D eigenvalue weighted by atomic mass is 35.5. The average molecular weight is 366 g/mol. The standard InChI is InChI=1S/C16H16ClN3O5/c1-10-8-13(20-25-10)19-15(22)9-24-16(23)7-6-14(21)18-12-5-3-2-4-11(12)17/h2-5,8H,6-7,9H2,1H3,(H,18,21)(H,19,20,22). The van der Waals surface area contributed by atoms with Crippen molar-refractivity contribution >= 4 is 40.9 Å². The first-order valence-electron chi connectivity index (χ1n) is 7.37. The Bertz CT molecular complexity index is 775. The van der Waals surface area contributed by atoms with Crippen molar-refractivity contribution in [3.05, 3.63) is 41.1 Å². The van der Waals surface area contributed by atoms with Gasteiger partial charge in [0.2, 0.25) is 5.91 Å². The van der Waals surface area contributed by atoms with Crippen LogP contribution >= 0.6 is 11.6 Å². The number of nitrogens with zero attached hydrogens (tertiary/aromatic N) is 1. The van der Waals surface area contributed by atoms with Gasteiger partial charge in [0.1, 0.15) is 5.76 Å². The molecule has 0 aliphatic heterocycles. The van der Waals surface area contributed by atoms with Crippen LogP contribution in [-0.4, -0.2) is 29.5 Å². The molecule has 1 aromatic carbocycles. The lowest BCUT2D eigenvalue weighted by molar-refractivity contribution is -0.147. The fourth-order valence-corrected chi connectivity index (χ4v) is 2.00. The zero-order valence-electron chi connectivity index (χ0n) is 13.4. The molecule has 2 N–H and O–H groups in total. The van der Waals surface area contributed by atoms with E-state index in [1.54, 1.807) is 31.2 Å². The van der Waals surface area contributed by atoms with Gasteiger partial charge in [-0.1, -0.05) is 28.9 Å². The van der Waals surface area contributed by atoms with Gasteiger partial charge in [-0.25, -0.2) is 0 Å². The minimum absolute atomic E-state index is 0.0891. The van der Waals surface area contributed by atoms with Crippen molar-refractivity contribution < 1.29 is 23.6 Å². The van der Waals surface area contributed by atoms with E-state index < -0.39 is 18.5 Å². The van der Waals surface area contributed by atoms with Gasteiger partial charge in [0.05, 0.1) is 17.1 Å². The molecule has 9 heteroatoms. The smallest absolute Gasteiger partial charge is 0.306 e. The summed E-state index contributed by atoms with van der Waals surface area (Å²) in [5.74, 6) is -0.829. The Morgan fingerprint density at radius 2 is 1.92 bits per heavy atom. The number of ether oxygens (including phenoxy) is 1. The molecule has 2 rings (SSSR count). The maximum Gasteiger partial charge on any atom is 0.306 e. The summed E-state index contributed by atoms with van der Waals surface area (Å²) in [5, 5.41) is 8.98. The molecule has 0 aliphatic carbocycles. The van der Waals surface area contributed by atoms with Crippen molar-refractivity contribution in [2.75, 3.05) is 17.2 Å². The Balaban J connectivity index is 1.67. The van der Waals surface area contributed by atoms with Gasteiger partial charge in [-0.05, 0) is 19.1 Å². The van der Waals surface area contributed by atoms with E-state index in [-0.39, 0.29) is 24.6 Å². The van der Waals surface area contributed by atoms with Crippen LogP contribution in [0.4, 0.5) is 11.5 Å². The number of nitrogens with one attached hydrogen (secondary N) is 2. The fraction of sp³-hybridized carbons (Fsp3) is 0.250. The van der Waals surface area contributed by atoms with E-state index >= 15 is 0 Å². The summed E-state index contributed by atoms with van der Waals surface area (Å²) >= 11 is 5.92. The van der Waals surface area contributed by atoms with Crippen LogP contribution in [0.5, 0.6) is 0 Å². The number of amides is 2. The number of hydrogen-bond donors (Lipinski definition) is 2. The van der Waals surface area contributed by atoms with Crippen molar-refractivity contribution in [1.82, 2.24) is 5.16 Å². The normalized spacial score (nSPS) is 10.2. The second kappa shape index (κ2) is 8.84. The van der Waals surface area contributed by atoms with Gasteiger partial charge in [-0.2, -0.15) is 0 Å². The van der Waals surface area contributed by atoms with E-state index in [1.807, 2.05) is 0 Å². The van der Waals surface area contributed by atoms with Gasteiger partial charge in [0, 0.05) is 12.5 Å². The van der Waals surface area contributed by atoms with Crippen molar-refractivity contribution in [2.45, 2.75) is 19.8 Å². The molecule has 0 spiro atoms. The van der Waals surface area contributed by atoms with Crippen molar-refractivity contribution in [1.29, 1.82) is 0 Å². The molecule has 0 fully saturated rings. The highest BCUT2D eigenvalue weighted by molar-refractivity contribution is 6.33. The number of aryl methyl sites for hydroxylation is 1. The van der Waals surface area contributed by atoms with Gasteiger partial charge in [0.15, 0.2) is 12.4 Å². The Labute approximate surface area is 148 Å². The number of carbonyl (C=O) groups excluding carboxylic acids is 3. The minimum Gasteiger partial charge on any atom is -0.456 e. The maximum atomic E-state index is 11.8. The van der Waals surface area contributed by atoms with Crippen LogP contribution in [0.2, 0.25) is 5.02 Å². The Hall–Kier alpha value is -2.87. The van der Waals surface area contributed by atoms with Crippen LogP contribution < -0.4 is 10.6 Å². The number of carbonyl (C=O) groups is 3. The number of esters is 1. The molecule has 0 bridgehead atoms. The van der Waals surface area contributed by atoms with Crippen molar-refractivity contribution in [3.63, 3.8) is 0 Å². The molecule has 132 valence electrons. The second-order valence-electron chi connectivity index (χ2n) is 5.06. The van der Waals surface area contributed by atoms with Gasteiger partial charge in [-0.15, -0.1) is 0 Å². The number of para-hydroxylation sites is 1. The third-order valence-electron chi connectivity index (χ3n) is 2.96. The zero-order valence-corrected chi connectivity index (χ0v) is 14.1. The van der Waals surface area contributed by atoms with Crippen LogP contribution in [0, 0.1) is 6.92 Å². The van der Waals surface area contributed by atoms with Gasteiger partial charge in [0.25, 0.3) is 5.91 Å². The summed E-state index contributed by atoms with van der Waals surface area (Å²) in [6.07, 6.45) is -0.249. The Kier molecular flexibility index (Phi) is 6.53. The quantitative estimate of drug-likeness (QED) is 0.729. The molecule has 0 unspecified atom stereocenters. The van der Waals surface area contributed by atoms with E-state index in [2.05, 4.69) is 15.8 Å². The lowest BCUT2D eigenvalue weighted by Gasteiger charge is -2.07. The molecule has 1 aromatic heterocycles. The first kappa shape index (κ1) is 18.5. The predicted molar refractivity (Wildman–Crippen MR) is 90.1 cm³/mol. The summed E-state index contributed by atoms with van der Waals surface area (Å²) in [6.45, 7) is 1.20. The Morgan fingerprint density at radius 1 is 1.16 bits per heavy atom. The molecule has 0 radical (unpaired) electrons. The van der Waals surface area contributed by atoms with Gasteiger partial charge in [-0.3, -0.25) is 14.4 Å².